The van der Waals surface area contributed by atoms with Gasteiger partial charge in [0.25, 0.3) is 0 Å². The molecule has 2 aliphatic rings. The third-order valence-corrected chi connectivity index (χ3v) is 5.84. The summed E-state index contributed by atoms with van der Waals surface area (Å²) in [5.74, 6) is 0.262. The fraction of sp³-hybridized carbons (Fsp3) is 0.286. The summed E-state index contributed by atoms with van der Waals surface area (Å²) >= 11 is 11.8. The number of nitrogens with zero attached hydrogens (tertiary/aromatic N) is 1. The standard InChI is InChI=1S/C21H17Cl2F3N2O2/c1-12(29)28-10-15(11-28)13-2-4-14(5-3-13)19-9-20(30-27-19,21(24,25)26)16-6-17(22)8-18(23)7-16/h2-9,15,27H,10-11H2,1H3. The Bertz CT molecular complexity index is 998. The molecule has 0 saturated carbocycles. The van der Waals surface area contributed by atoms with E-state index in [-0.39, 0.29) is 33.1 Å². The van der Waals surface area contributed by atoms with Crippen molar-refractivity contribution >= 4 is 34.8 Å². The van der Waals surface area contributed by atoms with E-state index in [0.29, 0.717) is 18.7 Å². The highest BCUT2D eigenvalue weighted by molar-refractivity contribution is 6.34. The number of carbonyl (C=O) groups is 1. The van der Waals surface area contributed by atoms with E-state index in [1.807, 2.05) is 12.1 Å². The smallest absolute Gasteiger partial charge is 0.342 e. The van der Waals surface area contributed by atoms with Gasteiger partial charge >= 0.3 is 6.18 Å². The molecule has 1 amide bonds. The van der Waals surface area contributed by atoms with Crippen molar-refractivity contribution in [3.8, 4) is 0 Å². The number of amides is 1. The molecule has 1 fully saturated rings. The van der Waals surface area contributed by atoms with Crippen molar-refractivity contribution in [2.24, 2.45) is 0 Å². The van der Waals surface area contributed by atoms with Gasteiger partial charge in [-0.2, -0.15) is 13.2 Å². The summed E-state index contributed by atoms with van der Waals surface area (Å²) in [5, 5.41) is 0.159. The van der Waals surface area contributed by atoms with E-state index in [1.165, 1.54) is 25.1 Å². The zero-order chi connectivity index (χ0) is 21.7. The molecule has 2 aliphatic heterocycles. The van der Waals surface area contributed by atoms with Gasteiger partial charge in [-0.1, -0.05) is 47.5 Å². The molecule has 158 valence electrons. The van der Waals surface area contributed by atoms with Gasteiger partial charge in [0, 0.05) is 41.5 Å². The summed E-state index contributed by atoms with van der Waals surface area (Å²) in [6.07, 6.45) is -3.76. The van der Waals surface area contributed by atoms with Gasteiger partial charge in [0.05, 0.1) is 5.70 Å². The molecule has 30 heavy (non-hydrogen) atoms. The topological polar surface area (TPSA) is 41.6 Å². The fourth-order valence-electron chi connectivity index (χ4n) is 3.64. The van der Waals surface area contributed by atoms with E-state index in [0.717, 1.165) is 11.6 Å². The minimum atomic E-state index is -4.75. The van der Waals surface area contributed by atoms with Crippen molar-refractivity contribution in [1.29, 1.82) is 0 Å². The first-order valence-corrected chi connectivity index (χ1v) is 9.91. The molecular formula is C21H17Cl2F3N2O2. The Hall–Kier alpha value is -2.22. The molecule has 1 saturated heterocycles. The van der Waals surface area contributed by atoms with Crippen LogP contribution in [0.25, 0.3) is 5.70 Å². The van der Waals surface area contributed by atoms with Crippen LogP contribution in [0.4, 0.5) is 13.2 Å². The molecule has 4 rings (SSSR count). The summed E-state index contributed by atoms with van der Waals surface area (Å²) < 4.78 is 42.2. The van der Waals surface area contributed by atoms with E-state index in [4.69, 9.17) is 28.0 Å². The molecule has 0 aromatic heterocycles. The van der Waals surface area contributed by atoms with Gasteiger partial charge in [-0.05, 0) is 35.4 Å². The monoisotopic (exact) mass is 456 g/mol. The largest absolute Gasteiger partial charge is 0.428 e. The first-order valence-electron chi connectivity index (χ1n) is 9.15. The lowest BCUT2D eigenvalue weighted by Gasteiger charge is -2.39. The number of hydroxylamine groups is 1. The molecule has 1 atom stereocenters. The predicted molar refractivity (Wildman–Crippen MR) is 108 cm³/mol. The number of alkyl halides is 3. The molecule has 0 radical (unpaired) electrons. The summed E-state index contributed by atoms with van der Waals surface area (Å²) in [6, 6.07) is 10.9. The maximum atomic E-state index is 14.1. The van der Waals surface area contributed by atoms with Crippen LogP contribution >= 0.6 is 23.2 Å². The number of carbonyl (C=O) groups excluding carboxylic acids is 1. The maximum absolute atomic E-state index is 14.1. The Morgan fingerprint density at radius 1 is 1.13 bits per heavy atom. The van der Waals surface area contributed by atoms with Crippen LogP contribution in [0.1, 0.15) is 29.5 Å². The lowest BCUT2D eigenvalue weighted by Crippen LogP contribution is -2.47. The summed E-state index contributed by atoms with van der Waals surface area (Å²) in [4.78, 5) is 18.1. The van der Waals surface area contributed by atoms with Crippen molar-refractivity contribution in [1.82, 2.24) is 10.4 Å². The maximum Gasteiger partial charge on any atom is 0.428 e. The van der Waals surface area contributed by atoms with Crippen LogP contribution in [0.15, 0.2) is 48.5 Å². The van der Waals surface area contributed by atoms with Crippen LogP contribution in [0, 0.1) is 0 Å². The predicted octanol–water partition coefficient (Wildman–Crippen LogP) is 5.27. The molecule has 1 N–H and O–H groups in total. The van der Waals surface area contributed by atoms with E-state index < -0.39 is 11.8 Å². The molecule has 4 nitrogen and oxygen atoms in total. The molecule has 9 heteroatoms. The number of benzene rings is 2. The van der Waals surface area contributed by atoms with Crippen LogP contribution in [-0.2, 0) is 15.2 Å². The van der Waals surface area contributed by atoms with E-state index in [1.54, 1.807) is 17.0 Å². The number of hydrogen-bond donors (Lipinski definition) is 1. The van der Waals surface area contributed by atoms with E-state index in [9.17, 15) is 18.0 Å². The highest BCUT2D eigenvalue weighted by Gasteiger charge is 2.59. The van der Waals surface area contributed by atoms with Gasteiger partial charge in [-0.25, -0.2) is 0 Å². The number of likely N-dealkylation sites (tertiary alicyclic amines) is 1. The van der Waals surface area contributed by atoms with E-state index in [2.05, 4.69) is 5.48 Å². The van der Waals surface area contributed by atoms with Gasteiger partial charge in [0.2, 0.25) is 11.5 Å². The van der Waals surface area contributed by atoms with Crippen molar-refractivity contribution in [3.05, 3.63) is 75.3 Å². The zero-order valence-electron chi connectivity index (χ0n) is 15.8. The molecule has 0 bridgehead atoms. The summed E-state index contributed by atoms with van der Waals surface area (Å²) in [5.41, 5.74) is 1.23. The average molecular weight is 457 g/mol. The summed E-state index contributed by atoms with van der Waals surface area (Å²) in [7, 11) is 0. The Morgan fingerprint density at radius 3 is 2.27 bits per heavy atom. The Kier molecular flexibility index (Phi) is 5.24. The second kappa shape index (κ2) is 7.48. The third-order valence-electron chi connectivity index (χ3n) is 5.40. The molecule has 2 aromatic rings. The van der Waals surface area contributed by atoms with Crippen molar-refractivity contribution in [2.75, 3.05) is 13.1 Å². The first kappa shape index (κ1) is 21.0. The van der Waals surface area contributed by atoms with Crippen LogP contribution in [0.5, 0.6) is 0 Å². The summed E-state index contributed by atoms with van der Waals surface area (Å²) in [6.45, 7) is 2.81. The number of hydrogen-bond acceptors (Lipinski definition) is 3. The van der Waals surface area contributed by atoms with Gasteiger partial charge in [-0.15, -0.1) is 0 Å². The van der Waals surface area contributed by atoms with Gasteiger partial charge in [-0.3, -0.25) is 15.1 Å². The van der Waals surface area contributed by atoms with Gasteiger partial charge < -0.3 is 4.90 Å². The molecular weight excluding hydrogens is 440 g/mol. The molecule has 2 aromatic carbocycles. The van der Waals surface area contributed by atoms with Crippen molar-refractivity contribution in [3.63, 3.8) is 0 Å². The lowest BCUT2D eigenvalue weighted by atomic mass is 9.89. The number of nitrogens with one attached hydrogen (secondary N) is 1. The highest BCUT2D eigenvalue weighted by atomic mass is 35.5. The van der Waals surface area contributed by atoms with Gasteiger partial charge in [0.1, 0.15) is 0 Å². The minimum Gasteiger partial charge on any atom is -0.342 e. The molecule has 0 spiro atoms. The van der Waals surface area contributed by atoms with Crippen LogP contribution in [-0.4, -0.2) is 30.1 Å². The van der Waals surface area contributed by atoms with Crippen LogP contribution < -0.4 is 5.48 Å². The quantitative estimate of drug-likeness (QED) is 0.683. The molecule has 1 unspecified atom stereocenters. The second-order valence-electron chi connectivity index (χ2n) is 7.40. The fourth-order valence-corrected chi connectivity index (χ4v) is 4.16. The van der Waals surface area contributed by atoms with Gasteiger partial charge in [0.15, 0.2) is 0 Å². The zero-order valence-corrected chi connectivity index (χ0v) is 17.3. The van der Waals surface area contributed by atoms with Crippen molar-refractivity contribution < 1.29 is 22.8 Å². The molecule has 0 aliphatic carbocycles. The Labute approximate surface area is 181 Å². The second-order valence-corrected chi connectivity index (χ2v) is 8.27. The Morgan fingerprint density at radius 2 is 1.73 bits per heavy atom. The lowest BCUT2D eigenvalue weighted by molar-refractivity contribution is -0.269. The van der Waals surface area contributed by atoms with Crippen LogP contribution in [0.2, 0.25) is 10.0 Å². The highest BCUT2D eigenvalue weighted by Crippen LogP contribution is 2.48. The number of halogens is 5. The average Bonchev–Trinajstić information content (AvgIpc) is 3.06. The third kappa shape index (κ3) is 3.66. The molecule has 2 heterocycles. The Balaban J connectivity index is 1.63. The van der Waals surface area contributed by atoms with Crippen LogP contribution in [0.3, 0.4) is 0 Å². The van der Waals surface area contributed by atoms with Crippen molar-refractivity contribution in [2.45, 2.75) is 24.6 Å². The SMILES string of the molecule is CC(=O)N1CC(c2ccc(C3=CC(c4cc(Cl)cc(Cl)c4)(C(F)(F)F)ON3)cc2)C1. The first-order chi connectivity index (χ1) is 14.1. The minimum absolute atomic E-state index is 0.0324. The van der Waals surface area contributed by atoms with E-state index >= 15 is 0 Å². The number of rotatable bonds is 3. The normalized spacial score (nSPS) is 21.8.